The summed E-state index contributed by atoms with van der Waals surface area (Å²) < 4.78 is 5.29. The van der Waals surface area contributed by atoms with Crippen molar-refractivity contribution >= 4 is 23.2 Å². The van der Waals surface area contributed by atoms with Gasteiger partial charge in [-0.1, -0.05) is 6.07 Å². The topological polar surface area (TPSA) is 81.2 Å². The normalized spacial score (nSPS) is 29.0. The fourth-order valence-electron chi connectivity index (χ4n) is 6.22. The minimum atomic E-state index is -0.503. The molecule has 0 saturated heterocycles. The second kappa shape index (κ2) is 7.76. The third-order valence-corrected chi connectivity index (χ3v) is 8.19. The number of aromatic nitrogens is 2. The van der Waals surface area contributed by atoms with E-state index in [0.29, 0.717) is 15.6 Å². The molecule has 0 aliphatic heterocycles. The molecule has 6 nitrogen and oxygen atoms in total. The molecule has 4 aliphatic carbocycles. The lowest BCUT2D eigenvalue weighted by molar-refractivity contribution is -0.126. The van der Waals surface area contributed by atoms with Gasteiger partial charge in [-0.3, -0.25) is 9.78 Å². The highest BCUT2D eigenvalue weighted by Crippen LogP contribution is 2.59. The van der Waals surface area contributed by atoms with Crippen LogP contribution in [0.3, 0.4) is 0 Å². The summed E-state index contributed by atoms with van der Waals surface area (Å²) in [5.74, 6) is 1.85. The molecule has 0 radical (unpaired) electrons. The molecule has 1 N–H and O–H groups in total. The molecule has 1 amide bonds. The number of hydrogen-bond donors (Lipinski definition) is 1. The number of carbonyl (C=O) groups is 2. The van der Waals surface area contributed by atoms with Gasteiger partial charge in [-0.25, -0.2) is 9.78 Å². The Kier molecular flexibility index (Phi) is 5.09. The quantitative estimate of drug-likeness (QED) is 0.708. The lowest BCUT2D eigenvalue weighted by Crippen LogP contribution is -2.51. The van der Waals surface area contributed by atoms with Crippen molar-refractivity contribution < 1.29 is 14.3 Å². The molecule has 30 heavy (non-hydrogen) atoms. The summed E-state index contributed by atoms with van der Waals surface area (Å²) in [5.41, 5.74) is 1.60. The first-order valence-electron chi connectivity index (χ1n) is 10.8. The first kappa shape index (κ1) is 19.7. The number of ether oxygens (including phenoxy) is 1. The summed E-state index contributed by atoms with van der Waals surface area (Å²) in [6.07, 6.45) is 9.59. The van der Waals surface area contributed by atoms with Gasteiger partial charge in [0, 0.05) is 12.7 Å². The molecule has 0 spiro atoms. The van der Waals surface area contributed by atoms with E-state index in [-0.39, 0.29) is 17.9 Å². The van der Waals surface area contributed by atoms with Crippen LogP contribution in [0.15, 0.2) is 24.4 Å². The molecule has 0 atom stereocenters. The van der Waals surface area contributed by atoms with Gasteiger partial charge in [0.25, 0.3) is 5.91 Å². The minimum Gasteiger partial charge on any atom is -0.451 e. The molecule has 4 saturated carbocycles. The lowest BCUT2D eigenvalue weighted by atomic mass is 9.49. The zero-order valence-corrected chi connectivity index (χ0v) is 18.0. The molecular formula is C23H27N3O3S. The third kappa shape index (κ3) is 3.87. The Morgan fingerprint density at radius 2 is 1.87 bits per heavy atom. The summed E-state index contributed by atoms with van der Waals surface area (Å²) in [4.78, 5) is 34.0. The maximum atomic E-state index is 12.5. The third-order valence-electron chi connectivity index (χ3n) is 7.03. The van der Waals surface area contributed by atoms with Crippen molar-refractivity contribution in [2.45, 2.75) is 45.4 Å². The van der Waals surface area contributed by atoms with E-state index in [1.54, 1.807) is 13.1 Å². The molecule has 158 valence electrons. The molecule has 0 aromatic carbocycles. The number of nitrogens with one attached hydrogen (secondary N) is 1. The van der Waals surface area contributed by atoms with Crippen LogP contribution in [0.1, 0.15) is 53.9 Å². The molecule has 6 rings (SSSR count). The monoisotopic (exact) mass is 425 g/mol. The maximum absolute atomic E-state index is 12.5. The van der Waals surface area contributed by atoms with E-state index in [4.69, 9.17) is 4.74 Å². The van der Waals surface area contributed by atoms with Crippen LogP contribution in [-0.4, -0.2) is 35.0 Å². The number of pyridine rings is 1. The van der Waals surface area contributed by atoms with Gasteiger partial charge in [-0.05, 0) is 80.8 Å². The molecule has 7 heteroatoms. The number of aryl methyl sites for hydroxylation is 1. The molecule has 2 aromatic heterocycles. The Morgan fingerprint density at radius 3 is 2.50 bits per heavy atom. The number of carbonyl (C=O) groups excluding carboxylic acids is 2. The van der Waals surface area contributed by atoms with Gasteiger partial charge in [0.1, 0.15) is 9.88 Å². The van der Waals surface area contributed by atoms with Crippen molar-refractivity contribution in [3.8, 4) is 10.7 Å². The standard InChI is InChI=1S/C23H27N3O3S/c1-14-20(30-21(26-14)18-4-2-3-5-24-18)22(28)29-12-19(27)25-13-23-9-15-6-16(10-23)8-17(7-15)11-23/h2-5,15-17H,6-13H2,1H3,(H,25,27). The molecule has 0 unspecified atom stereocenters. The highest BCUT2D eigenvalue weighted by Gasteiger charge is 2.50. The lowest BCUT2D eigenvalue weighted by Gasteiger charge is -2.56. The van der Waals surface area contributed by atoms with Crippen LogP contribution < -0.4 is 5.32 Å². The second-order valence-corrected chi connectivity index (χ2v) is 10.4. The number of esters is 1. The number of hydrogen-bond acceptors (Lipinski definition) is 6. The van der Waals surface area contributed by atoms with Crippen molar-refractivity contribution in [2.75, 3.05) is 13.2 Å². The zero-order chi connectivity index (χ0) is 20.7. The van der Waals surface area contributed by atoms with E-state index < -0.39 is 5.97 Å². The first-order chi connectivity index (χ1) is 14.5. The Morgan fingerprint density at radius 1 is 1.17 bits per heavy atom. The first-order valence-corrected chi connectivity index (χ1v) is 11.6. The predicted octanol–water partition coefficient (Wildman–Crippen LogP) is 4.00. The van der Waals surface area contributed by atoms with Crippen molar-refractivity contribution in [1.29, 1.82) is 0 Å². The van der Waals surface area contributed by atoms with Crippen molar-refractivity contribution in [3.05, 3.63) is 35.0 Å². The number of thiazole rings is 1. The molecule has 4 fully saturated rings. The largest absolute Gasteiger partial charge is 0.451 e. The second-order valence-electron chi connectivity index (χ2n) is 9.42. The summed E-state index contributed by atoms with van der Waals surface area (Å²) in [7, 11) is 0. The van der Waals surface area contributed by atoms with Gasteiger partial charge in [0.15, 0.2) is 6.61 Å². The van der Waals surface area contributed by atoms with E-state index in [1.807, 2.05) is 18.2 Å². The maximum Gasteiger partial charge on any atom is 0.350 e. The van der Waals surface area contributed by atoms with E-state index in [0.717, 1.165) is 30.0 Å². The van der Waals surface area contributed by atoms with Gasteiger partial charge < -0.3 is 10.1 Å². The average Bonchev–Trinajstić information content (AvgIpc) is 3.12. The van der Waals surface area contributed by atoms with Gasteiger partial charge in [0.05, 0.1) is 11.4 Å². The van der Waals surface area contributed by atoms with Crippen molar-refractivity contribution in [1.82, 2.24) is 15.3 Å². The van der Waals surface area contributed by atoms with Crippen molar-refractivity contribution in [3.63, 3.8) is 0 Å². The summed E-state index contributed by atoms with van der Waals surface area (Å²) in [6.45, 7) is 2.24. The Hall–Kier alpha value is -2.28. The SMILES string of the molecule is Cc1nc(-c2ccccn2)sc1C(=O)OCC(=O)NCC12CC3CC(CC(C3)C1)C2. The summed E-state index contributed by atoms with van der Waals surface area (Å²) in [5, 5.41) is 3.73. The van der Waals surface area contributed by atoms with Crippen LogP contribution in [0.2, 0.25) is 0 Å². The Labute approximate surface area is 180 Å². The van der Waals surface area contributed by atoms with Gasteiger partial charge in [-0.2, -0.15) is 0 Å². The van der Waals surface area contributed by atoms with E-state index in [1.165, 1.54) is 49.9 Å². The Bertz CT molecular complexity index is 921. The van der Waals surface area contributed by atoms with Crippen LogP contribution in [0.4, 0.5) is 0 Å². The average molecular weight is 426 g/mol. The molecule has 4 aliphatic rings. The zero-order valence-electron chi connectivity index (χ0n) is 17.2. The van der Waals surface area contributed by atoms with Gasteiger partial charge in [-0.15, -0.1) is 11.3 Å². The number of rotatable bonds is 6. The fourth-order valence-corrected chi connectivity index (χ4v) is 7.16. The molecule has 4 bridgehead atoms. The molecule has 2 aromatic rings. The molecular weight excluding hydrogens is 398 g/mol. The minimum absolute atomic E-state index is 0.216. The van der Waals surface area contributed by atoms with E-state index in [2.05, 4.69) is 15.3 Å². The smallest absolute Gasteiger partial charge is 0.350 e. The van der Waals surface area contributed by atoms with E-state index in [9.17, 15) is 9.59 Å². The highest BCUT2D eigenvalue weighted by atomic mass is 32.1. The van der Waals surface area contributed by atoms with Gasteiger partial charge in [0.2, 0.25) is 0 Å². The molecule has 2 heterocycles. The summed E-state index contributed by atoms with van der Waals surface area (Å²) >= 11 is 1.24. The van der Waals surface area contributed by atoms with E-state index >= 15 is 0 Å². The van der Waals surface area contributed by atoms with Gasteiger partial charge >= 0.3 is 5.97 Å². The fraction of sp³-hybridized carbons (Fsp3) is 0.565. The van der Waals surface area contributed by atoms with Crippen LogP contribution in [0, 0.1) is 30.1 Å². The van der Waals surface area contributed by atoms with Crippen LogP contribution >= 0.6 is 11.3 Å². The van der Waals surface area contributed by atoms with Crippen LogP contribution in [-0.2, 0) is 9.53 Å². The number of nitrogens with zero attached hydrogens (tertiary/aromatic N) is 2. The Balaban J connectivity index is 1.15. The predicted molar refractivity (Wildman–Crippen MR) is 114 cm³/mol. The highest BCUT2D eigenvalue weighted by molar-refractivity contribution is 7.17. The number of amides is 1. The van der Waals surface area contributed by atoms with Crippen molar-refractivity contribution in [2.24, 2.45) is 23.2 Å². The summed E-state index contributed by atoms with van der Waals surface area (Å²) in [6, 6.07) is 5.57. The van der Waals surface area contributed by atoms with Crippen LogP contribution in [0.5, 0.6) is 0 Å². The van der Waals surface area contributed by atoms with Crippen LogP contribution in [0.25, 0.3) is 10.7 Å².